The molecule has 270 valence electrons. The largest absolute Gasteiger partial charge is 0.495 e. The number of methoxy groups -OCH3 is 2. The van der Waals surface area contributed by atoms with E-state index < -0.39 is 0 Å². The van der Waals surface area contributed by atoms with Crippen LogP contribution in [-0.2, 0) is 0 Å². The average Bonchev–Trinajstić information content (AvgIpc) is 3.15. The van der Waals surface area contributed by atoms with Gasteiger partial charge in [-0.1, -0.05) is 166 Å². The number of hydrogen-bond donors (Lipinski definition) is 0. The molecule has 2 atom stereocenters. The fourth-order valence-corrected chi connectivity index (χ4v) is 6.92. The van der Waals surface area contributed by atoms with Crippen molar-refractivity contribution in [1.82, 2.24) is 0 Å². The van der Waals surface area contributed by atoms with Crippen molar-refractivity contribution >= 4 is 0 Å². The molecule has 0 amide bonds. The SMILES string of the molecule is CCCCCCC(CCCCC)c1ccc(C#Cc2cc(OC)c(C#Cc3ccc(C(CCCCC)CCCCCC)cc3)cc2OC)cc1. The topological polar surface area (TPSA) is 18.5 Å². The Bertz CT molecular complexity index is 1360. The summed E-state index contributed by atoms with van der Waals surface area (Å²) in [5.41, 5.74) is 6.51. The first-order valence-electron chi connectivity index (χ1n) is 20.1. The summed E-state index contributed by atoms with van der Waals surface area (Å²) >= 11 is 0. The van der Waals surface area contributed by atoms with Gasteiger partial charge in [0, 0.05) is 23.3 Å². The van der Waals surface area contributed by atoms with Crippen LogP contribution < -0.4 is 9.47 Å². The van der Waals surface area contributed by atoms with Crippen molar-refractivity contribution in [2.75, 3.05) is 14.2 Å². The van der Waals surface area contributed by atoms with E-state index in [1.54, 1.807) is 14.2 Å². The molecule has 3 rings (SSSR count). The molecule has 2 nitrogen and oxygen atoms in total. The minimum atomic E-state index is 0.643. The van der Waals surface area contributed by atoms with Gasteiger partial charge in [0.25, 0.3) is 0 Å². The highest BCUT2D eigenvalue weighted by Crippen LogP contribution is 2.31. The number of unbranched alkanes of at least 4 members (excludes halogenated alkanes) is 10. The molecule has 0 radical (unpaired) electrons. The van der Waals surface area contributed by atoms with Gasteiger partial charge in [0.15, 0.2) is 0 Å². The van der Waals surface area contributed by atoms with Crippen molar-refractivity contribution < 1.29 is 9.47 Å². The summed E-state index contributed by atoms with van der Waals surface area (Å²) in [6.07, 6.45) is 23.5. The molecule has 3 aromatic rings. The number of ether oxygens (including phenoxy) is 2. The lowest BCUT2D eigenvalue weighted by Crippen LogP contribution is -2.00. The Morgan fingerprint density at radius 3 is 1.06 bits per heavy atom. The molecule has 0 N–H and O–H groups in total. The van der Waals surface area contributed by atoms with Gasteiger partial charge in [-0.3, -0.25) is 0 Å². The van der Waals surface area contributed by atoms with Crippen LogP contribution in [0.1, 0.15) is 188 Å². The predicted octanol–water partition coefficient (Wildman–Crippen LogP) is 13.8. The minimum Gasteiger partial charge on any atom is -0.495 e. The Labute approximate surface area is 307 Å². The Morgan fingerprint density at radius 2 is 0.740 bits per heavy atom. The van der Waals surface area contributed by atoms with E-state index >= 15 is 0 Å². The lowest BCUT2D eigenvalue weighted by Gasteiger charge is -2.17. The molecular formula is C48H66O2. The summed E-state index contributed by atoms with van der Waals surface area (Å²) in [6, 6.07) is 21.8. The van der Waals surface area contributed by atoms with Crippen LogP contribution in [-0.4, -0.2) is 14.2 Å². The molecular weight excluding hydrogens is 609 g/mol. The highest BCUT2D eigenvalue weighted by Gasteiger charge is 2.13. The molecule has 0 saturated heterocycles. The second kappa shape index (κ2) is 24.5. The maximum atomic E-state index is 5.78. The third-order valence-electron chi connectivity index (χ3n) is 10.1. The third-order valence-corrected chi connectivity index (χ3v) is 10.1. The van der Waals surface area contributed by atoms with E-state index in [1.165, 1.54) is 127 Å². The van der Waals surface area contributed by atoms with E-state index in [0.717, 1.165) is 22.3 Å². The molecule has 0 aromatic heterocycles. The zero-order valence-electron chi connectivity index (χ0n) is 32.5. The van der Waals surface area contributed by atoms with E-state index in [2.05, 4.69) is 99.9 Å². The molecule has 0 aliphatic carbocycles. The van der Waals surface area contributed by atoms with Gasteiger partial charge in [0.1, 0.15) is 11.5 Å². The fourth-order valence-electron chi connectivity index (χ4n) is 6.92. The van der Waals surface area contributed by atoms with Gasteiger partial charge in [-0.2, -0.15) is 0 Å². The Hall–Kier alpha value is -3.62. The molecule has 0 fully saturated rings. The maximum Gasteiger partial charge on any atom is 0.136 e. The van der Waals surface area contributed by atoms with E-state index in [1.807, 2.05) is 12.1 Å². The maximum absolute atomic E-state index is 5.78. The van der Waals surface area contributed by atoms with E-state index in [4.69, 9.17) is 9.47 Å². The zero-order chi connectivity index (χ0) is 35.8. The first-order valence-corrected chi connectivity index (χ1v) is 20.1. The Kier molecular flexibility index (Phi) is 20.0. The summed E-state index contributed by atoms with van der Waals surface area (Å²) in [6.45, 7) is 9.14. The van der Waals surface area contributed by atoms with Crippen LogP contribution in [0.5, 0.6) is 11.5 Å². The summed E-state index contributed by atoms with van der Waals surface area (Å²) < 4.78 is 11.6. The van der Waals surface area contributed by atoms with Crippen LogP contribution in [0.3, 0.4) is 0 Å². The summed E-state index contributed by atoms with van der Waals surface area (Å²) in [4.78, 5) is 0. The molecule has 0 heterocycles. The van der Waals surface area contributed by atoms with E-state index in [-0.39, 0.29) is 0 Å². The lowest BCUT2D eigenvalue weighted by molar-refractivity contribution is 0.401. The van der Waals surface area contributed by atoms with Crippen LogP contribution in [0, 0.1) is 23.7 Å². The van der Waals surface area contributed by atoms with Crippen LogP contribution in [0.2, 0.25) is 0 Å². The molecule has 0 saturated carbocycles. The van der Waals surface area contributed by atoms with E-state index in [0.29, 0.717) is 23.3 Å². The van der Waals surface area contributed by atoms with Gasteiger partial charge in [0.05, 0.1) is 25.3 Å². The number of benzene rings is 3. The number of hydrogen-bond acceptors (Lipinski definition) is 2. The van der Waals surface area contributed by atoms with Crippen molar-refractivity contribution in [1.29, 1.82) is 0 Å². The van der Waals surface area contributed by atoms with Crippen molar-refractivity contribution in [3.05, 3.63) is 94.0 Å². The Balaban J connectivity index is 1.75. The van der Waals surface area contributed by atoms with Gasteiger partial charge in [-0.25, -0.2) is 0 Å². The normalized spacial score (nSPS) is 12.0. The van der Waals surface area contributed by atoms with Crippen molar-refractivity contribution in [2.45, 2.75) is 155 Å². The molecule has 0 spiro atoms. The van der Waals surface area contributed by atoms with Gasteiger partial charge in [0.2, 0.25) is 0 Å². The third kappa shape index (κ3) is 14.3. The quantitative estimate of drug-likeness (QED) is 0.0780. The first-order chi connectivity index (χ1) is 24.6. The van der Waals surface area contributed by atoms with Gasteiger partial charge in [-0.15, -0.1) is 0 Å². The van der Waals surface area contributed by atoms with Gasteiger partial charge >= 0.3 is 0 Å². The molecule has 50 heavy (non-hydrogen) atoms. The summed E-state index contributed by atoms with van der Waals surface area (Å²) in [5, 5.41) is 0. The van der Waals surface area contributed by atoms with Crippen molar-refractivity contribution in [3.63, 3.8) is 0 Å². The molecule has 2 unspecified atom stereocenters. The monoisotopic (exact) mass is 675 g/mol. The number of rotatable bonds is 22. The van der Waals surface area contributed by atoms with Crippen molar-refractivity contribution in [3.8, 4) is 35.2 Å². The minimum absolute atomic E-state index is 0.643. The second-order valence-corrected chi connectivity index (χ2v) is 14.1. The lowest BCUT2D eigenvalue weighted by atomic mass is 9.88. The first kappa shape index (κ1) is 40.8. The highest BCUT2D eigenvalue weighted by molar-refractivity contribution is 5.60. The molecule has 3 aromatic carbocycles. The standard InChI is InChI=1S/C48H66O2/c1-7-11-15-19-23-41(21-17-13-9-3)43-31-25-39(26-32-43)29-35-45-37-48(50-6)46(38-47(45)49-5)36-30-40-27-33-44(34-28-40)42(22-18-14-10-4)24-20-16-12-8-2/h25-28,31-34,37-38,41-42H,7-24H2,1-6H3. The zero-order valence-corrected chi connectivity index (χ0v) is 32.5. The van der Waals surface area contributed by atoms with Crippen LogP contribution in [0.4, 0.5) is 0 Å². The predicted molar refractivity (Wildman–Crippen MR) is 216 cm³/mol. The van der Waals surface area contributed by atoms with Crippen LogP contribution >= 0.6 is 0 Å². The van der Waals surface area contributed by atoms with E-state index in [9.17, 15) is 0 Å². The van der Waals surface area contributed by atoms with Gasteiger partial charge < -0.3 is 9.47 Å². The molecule has 0 aliphatic rings. The molecule has 0 bridgehead atoms. The molecule has 2 heteroatoms. The van der Waals surface area contributed by atoms with Crippen LogP contribution in [0.15, 0.2) is 60.7 Å². The summed E-state index contributed by atoms with van der Waals surface area (Å²) in [5.74, 6) is 16.1. The van der Waals surface area contributed by atoms with Crippen LogP contribution in [0.25, 0.3) is 0 Å². The smallest absolute Gasteiger partial charge is 0.136 e. The van der Waals surface area contributed by atoms with Gasteiger partial charge in [-0.05, 0) is 72.9 Å². The fraction of sp³-hybridized carbons (Fsp3) is 0.542. The highest BCUT2D eigenvalue weighted by atomic mass is 16.5. The summed E-state index contributed by atoms with van der Waals surface area (Å²) in [7, 11) is 3.38. The second-order valence-electron chi connectivity index (χ2n) is 14.1. The van der Waals surface area contributed by atoms with Crippen molar-refractivity contribution in [2.24, 2.45) is 0 Å². The Morgan fingerprint density at radius 1 is 0.420 bits per heavy atom. The average molecular weight is 675 g/mol. The molecule has 0 aliphatic heterocycles.